The van der Waals surface area contributed by atoms with Crippen LogP contribution in [0.25, 0.3) is 0 Å². The molecule has 0 radical (unpaired) electrons. The van der Waals surface area contributed by atoms with Gasteiger partial charge in [-0.2, -0.15) is 0 Å². The van der Waals surface area contributed by atoms with Gasteiger partial charge < -0.3 is 35.5 Å². The van der Waals surface area contributed by atoms with Crippen molar-refractivity contribution >= 4 is 17.3 Å². The summed E-state index contributed by atoms with van der Waals surface area (Å²) in [7, 11) is -3.50. The lowest BCUT2D eigenvalue weighted by Gasteiger charge is -2.46. The molecule has 10 nitrogen and oxygen atoms in total. The Morgan fingerprint density at radius 3 is 1.72 bits per heavy atom. The smallest absolute Gasteiger partial charge is 0.387 e. The fraction of sp³-hybridized carbons (Fsp3) is 1.00. The molecule has 0 aliphatic heterocycles. The summed E-state index contributed by atoms with van der Waals surface area (Å²) in [6.45, 7) is 0. The SMILES string of the molecule is O=P(O)(OP)OC1(O)[C@H](O)[C@H](O)C(O)[C@H](O)[C@H]1O. The summed E-state index contributed by atoms with van der Waals surface area (Å²) < 4.78 is 19.1. The van der Waals surface area contributed by atoms with Gasteiger partial charge in [0.1, 0.15) is 30.5 Å². The van der Waals surface area contributed by atoms with Crippen molar-refractivity contribution in [3.05, 3.63) is 0 Å². The number of hydrogen-bond donors (Lipinski definition) is 7. The van der Waals surface area contributed by atoms with Gasteiger partial charge in [-0.3, -0.25) is 4.31 Å². The molecular weight excluding hydrogens is 294 g/mol. The lowest BCUT2D eigenvalue weighted by molar-refractivity contribution is -0.336. The van der Waals surface area contributed by atoms with Crippen LogP contribution in [0.4, 0.5) is 0 Å². The number of aliphatic hydroxyl groups excluding tert-OH is 5. The Morgan fingerprint density at radius 1 is 1.00 bits per heavy atom. The third-order valence-corrected chi connectivity index (χ3v) is 4.18. The van der Waals surface area contributed by atoms with Crippen molar-refractivity contribution in [1.29, 1.82) is 0 Å². The molecule has 0 heterocycles. The number of aliphatic hydroxyl groups is 6. The molecule has 1 aliphatic carbocycles. The predicted octanol–water partition coefficient (Wildman–Crippen LogP) is -3.58. The zero-order chi connectivity index (χ0) is 14.3. The van der Waals surface area contributed by atoms with E-state index in [2.05, 4.69) is 8.83 Å². The highest BCUT2D eigenvalue weighted by Crippen LogP contribution is 2.51. The minimum absolute atomic E-state index is 1.36. The van der Waals surface area contributed by atoms with Gasteiger partial charge in [-0.25, -0.2) is 9.09 Å². The fourth-order valence-electron chi connectivity index (χ4n) is 1.55. The molecule has 1 fully saturated rings. The molecule has 0 aromatic carbocycles. The molecule has 0 spiro atoms. The maximum Gasteiger partial charge on any atom is 0.477 e. The summed E-state index contributed by atoms with van der Waals surface area (Å²) in [5, 5.41) is 56.5. The number of hydrogen-bond acceptors (Lipinski definition) is 9. The quantitative estimate of drug-likeness (QED) is 0.204. The van der Waals surface area contributed by atoms with Gasteiger partial charge in [0.2, 0.25) is 5.79 Å². The van der Waals surface area contributed by atoms with Crippen LogP contribution in [0.1, 0.15) is 0 Å². The van der Waals surface area contributed by atoms with Crippen LogP contribution in [0, 0.1) is 0 Å². The molecule has 0 amide bonds. The molecule has 0 aromatic rings. The van der Waals surface area contributed by atoms with E-state index in [-0.39, 0.29) is 0 Å². The second-order valence-corrected chi connectivity index (χ2v) is 5.74. The van der Waals surface area contributed by atoms with E-state index >= 15 is 0 Å². The predicted molar refractivity (Wildman–Crippen MR) is 56.7 cm³/mol. The van der Waals surface area contributed by atoms with E-state index in [0.29, 0.717) is 0 Å². The number of phosphoric ester groups is 1. The summed E-state index contributed by atoms with van der Waals surface area (Å²) in [5.74, 6) is -3.20. The molecule has 0 saturated heterocycles. The molecule has 7 N–H and O–H groups in total. The minimum atomic E-state index is -4.87. The van der Waals surface area contributed by atoms with Crippen LogP contribution in [0.15, 0.2) is 0 Å². The highest BCUT2D eigenvalue weighted by Gasteiger charge is 2.61. The highest BCUT2D eigenvalue weighted by atomic mass is 31.2. The largest absolute Gasteiger partial charge is 0.477 e. The second kappa shape index (κ2) is 5.35. The van der Waals surface area contributed by atoms with Gasteiger partial charge >= 0.3 is 7.82 Å². The molecule has 8 atom stereocenters. The van der Waals surface area contributed by atoms with E-state index < -0.39 is 44.1 Å². The van der Waals surface area contributed by atoms with Crippen molar-refractivity contribution in [1.82, 2.24) is 0 Å². The van der Waals surface area contributed by atoms with Crippen LogP contribution in [-0.4, -0.2) is 71.8 Å². The number of phosphoric acid groups is 1. The van der Waals surface area contributed by atoms with Crippen LogP contribution in [0.3, 0.4) is 0 Å². The second-order valence-electron chi connectivity index (χ2n) is 3.78. The van der Waals surface area contributed by atoms with E-state index in [4.69, 9.17) is 4.89 Å². The van der Waals surface area contributed by atoms with E-state index in [1.165, 1.54) is 9.47 Å². The summed E-state index contributed by atoms with van der Waals surface area (Å²) >= 11 is 0. The van der Waals surface area contributed by atoms with Crippen molar-refractivity contribution in [3.63, 3.8) is 0 Å². The topological polar surface area (TPSA) is 177 Å². The monoisotopic (exact) mass is 308 g/mol. The molecule has 1 saturated carbocycles. The van der Waals surface area contributed by atoms with Crippen molar-refractivity contribution in [3.8, 4) is 0 Å². The van der Waals surface area contributed by atoms with E-state index in [1.807, 2.05) is 0 Å². The first-order chi connectivity index (χ1) is 8.07. The van der Waals surface area contributed by atoms with Crippen molar-refractivity contribution in [2.45, 2.75) is 36.3 Å². The Morgan fingerprint density at radius 2 is 1.39 bits per heavy atom. The lowest BCUT2D eigenvalue weighted by atomic mass is 9.82. The van der Waals surface area contributed by atoms with E-state index in [1.54, 1.807) is 0 Å². The molecule has 1 aliphatic rings. The first-order valence-electron chi connectivity index (χ1n) is 4.61. The van der Waals surface area contributed by atoms with E-state index in [9.17, 15) is 35.2 Å². The van der Waals surface area contributed by atoms with Gasteiger partial charge in [-0.05, 0) is 0 Å². The zero-order valence-electron chi connectivity index (χ0n) is 8.77. The van der Waals surface area contributed by atoms with Crippen LogP contribution in [0.2, 0.25) is 0 Å². The van der Waals surface area contributed by atoms with Gasteiger partial charge in [0.25, 0.3) is 0 Å². The molecule has 0 bridgehead atoms. The lowest BCUT2D eigenvalue weighted by Crippen LogP contribution is -2.71. The molecule has 108 valence electrons. The third-order valence-electron chi connectivity index (χ3n) is 2.59. The summed E-state index contributed by atoms with van der Waals surface area (Å²) in [5.41, 5.74) is 0. The fourth-order valence-corrected chi connectivity index (χ4v) is 2.31. The highest BCUT2D eigenvalue weighted by molar-refractivity contribution is 7.52. The summed E-state index contributed by atoms with van der Waals surface area (Å²) in [4.78, 5) is 9.00. The maximum atomic E-state index is 11.1. The molecular formula is C6H14O10P2. The Balaban J connectivity index is 3.07. The molecule has 18 heavy (non-hydrogen) atoms. The number of rotatable bonds is 3. The van der Waals surface area contributed by atoms with Crippen LogP contribution >= 0.6 is 17.3 Å². The Bertz CT molecular complexity index is 333. The van der Waals surface area contributed by atoms with Gasteiger partial charge in [0.05, 0.1) is 0 Å². The van der Waals surface area contributed by atoms with Crippen LogP contribution in [0.5, 0.6) is 0 Å². The van der Waals surface area contributed by atoms with Crippen LogP contribution in [-0.2, 0) is 13.4 Å². The molecule has 4 unspecified atom stereocenters. The van der Waals surface area contributed by atoms with E-state index in [0.717, 1.165) is 0 Å². The average molecular weight is 308 g/mol. The average Bonchev–Trinajstić information content (AvgIpc) is 2.32. The van der Waals surface area contributed by atoms with Crippen molar-refractivity contribution in [2.24, 2.45) is 0 Å². The van der Waals surface area contributed by atoms with Gasteiger partial charge in [0, 0.05) is 9.47 Å². The first-order valence-corrected chi connectivity index (χ1v) is 6.58. The Kier molecular flexibility index (Phi) is 4.86. The standard InChI is InChI=1S/C6H14O10P2/c7-1-2(8)4(10)6(12,5(11)3(1)9)15-18(13,14)16-17/h1-5,7-12H,17H2,(H,13,14)/t1?,2-,3+,4-,5-,6?/m1/s1. The first kappa shape index (κ1) is 16.4. The summed E-state index contributed by atoms with van der Waals surface area (Å²) in [6, 6.07) is 0. The Hall–Kier alpha value is 0.300. The normalized spacial score (nSPS) is 48.8. The molecule has 0 aromatic heterocycles. The third kappa shape index (κ3) is 2.74. The molecule has 12 heteroatoms. The van der Waals surface area contributed by atoms with Crippen molar-refractivity contribution in [2.75, 3.05) is 0 Å². The summed E-state index contributed by atoms with van der Waals surface area (Å²) in [6.07, 6.45) is -10.9. The van der Waals surface area contributed by atoms with Gasteiger partial charge in [0.15, 0.2) is 0 Å². The van der Waals surface area contributed by atoms with Gasteiger partial charge in [-0.15, -0.1) is 0 Å². The van der Waals surface area contributed by atoms with Crippen LogP contribution < -0.4 is 0 Å². The Labute approximate surface area is 103 Å². The zero-order valence-corrected chi connectivity index (χ0v) is 10.8. The van der Waals surface area contributed by atoms with Crippen molar-refractivity contribution < 1.29 is 48.9 Å². The van der Waals surface area contributed by atoms with Gasteiger partial charge in [-0.1, -0.05) is 0 Å². The maximum absolute atomic E-state index is 11.1. The molecule has 1 rings (SSSR count). The minimum Gasteiger partial charge on any atom is -0.387 e.